The molecule has 0 saturated heterocycles. The molecule has 0 unspecified atom stereocenters. The molecule has 5 rings (SSSR count). The lowest BCUT2D eigenvalue weighted by atomic mass is 10.0. The number of hydrogen-bond donors (Lipinski definition) is 1. The zero-order valence-corrected chi connectivity index (χ0v) is 15.6. The third-order valence-electron chi connectivity index (χ3n) is 4.89. The SMILES string of the molecule is O=C(Nc1ccc2c(c1)OCO2)C(=O)c1c(-c2ccc(F)cc2)cc2ccccn12. The molecule has 3 heterocycles. The van der Waals surface area contributed by atoms with E-state index >= 15 is 0 Å². The van der Waals surface area contributed by atoms with Gasteiger partial charge in [-0.3, -0.25) is 9.59 Å². The molecule has 2 aromatic carbocycles. The van der Waals surface area contributed by atoms with Crippen LogP contribution in [0.2, 0.25) is 0 Å². The summed E-state index contributed by atoms with van der Waals surface area (Å²) in [6.45, 7) is 0.114. The van der Waals surface area contributed by atoms with Gasteiger partial charge in [0.1, 0.15) is 11.5 Å². The fourth-order valence-corrected chi connectivity index (χ4v) is 3.47. The zero-order valence-electron chi connectivity index (χ0n) is 15.6. The van der Waals surface area contributed by atoms with Gasteiger partial charge in [-0.25, -0.2) is 4.39 Å². The number of nitrogens with zero attached hydrogens (tertiary/aromatic N) is 1. The lowest BCUT2D eigenvalue weighted by molar-refractivity contribution is -0.112. The molecule has 2 aromatic heterocycles. The van der Waals surface area contributed by atoms with Crippen molar-refractivity contribution < 1.29 is 23.5 Å². The van der Waals surface area contributed by atoms with E-state index in [4.69, 9.17) is 9.47 Å². The highest BCUT2D eigenvalue weighted by atomic mass is 19.1. The highest BCUT2D eigenvalue weighted by Crippen LogP contribution is 2.34. The Morgan fingerprint density at radius 3 is 2.57 bits per heavy atom. The van der Waals surface area contributed by atoms with Gasteiger partial charge in [-0.1, -0.05) is 18.2 Å². The number of fused-ring (bicyclic) bond motifs is 2. The molecular weight excluding hydrogens is 387 g/mol. The van der Waals surface area contributed by atoms with Crippen LogP contribution in [0.15, 0.2) is 72.9 Å². The number of ketones is 1. The molecule has 1 N–H and O–H groups in total. The van der Waals surface area contributed by atoms with Gasteiger partial charge in [-0.05, 0) is 48.0 Å². The third-order valence-corrected chi connectivity index (χ3v) is 4.89. The molecule has 1 aliphatic heterocycles. The Labute approximate surface area is 170 Å². The first-order chi connectivity index (χ1) is 14.6. The minimum atomic E-state index is -0.791. The van der Waals surface area contributed by atoms with Crippen LogP contribution in [0.25, 0.3) is 16.6 Å². The van der Waals surface area contributed by atoms with Crippen LogP contribution in [0, 0.1) is 5.82 Å². The van der Waals surface area contributed by atoms with Crippen LogP contribution in [-0.2, 0) is 4.79 Å². The quantitative estimate of drug-likeness (QED) is 0.408. The first-order valence-corrected chi connectivity index (χ1v) is 9.21. The predicted octanol–water partition coefficient (Wildman–Crippen LogP) is 4.30. The molecule has 0 aliphatic carbocycles. The number of halogens is 1. The van der Waals surface area contributed by atoms with Crippen molar-refractivity contribution in [3.05, 3.63) is 84.4 Å². The lowest BCUT2D eigenvalue weighted by Crippen LogP contribution is -2.24. The maximum Gasteiger partial charge on any atom is 0.298 e. The maximum atomic E-state index is 13.4. The Kier molecular flexibility index (Phi) is 4.21. The summed E-state index contributed by atoms with van der Waals surface area (Å²) < 4.78 is 25.6. The first kappa shape index (κ1) is 17.9. The highest BCUT2D eigenvalue weighted by Gasteiger charge is 2.25. The van der Waals surface area contributed by atoms with Crippen molar-refractivity contribution in [3.63, 3.8) is 0 Å². The highest BCUT2D eigenvalue weighted by molar-refractivity contribution is 6.47. The monoisotopic (exact) mass is 402 g/mol. The van der Waals surface area contributed by atoms with Crippen LogP contribution in [0.5, 0.6) is 11.5 Å². The van der Waals surface area contributed by atoms with Gasteiger partial charge in [-0.15, -0.1) is 0 Å². The number of Topliss-reactive ketones (excluding diaryl/α,β-unsaturated/α-hetero) is 1. The Morgan fingerprint density at radius 2 is 1.73 bits per heavy atom. The van der Waals surface area contributed by atoms with E-state index < -0.39 is 11.7 Å². The predicted molar refractivity (Wildman–Crippen MR) is 108 cm³/mol. The molecular formula is C23H15FN2O4. The number of nitrogens with one attached hydrogen (secondary N) is 1. The number of pyridine rings is 1. The van der Waals surface area contributed by atoms with Gasteiger partial charge >= 0.3 is 0 Å². The number of rotatable bonds is 4. The van der Waals surface area contributed by atoms with Crippen LogP contribution in [0.1, 0.15) is 10.5 Å². The van der Waals surface area contributed by atoms with Crippen LogP contribution in [0.3, 0.4) is 0 Å². The van der Waals surface area contributed by atoms with Gasteiger partial charge in [0.25, 0.3) is 11.7 Å². The average Bonchev–Trinajstić information content (AvgIpc) is 3.37. The van der Waals surface area contributed by atoms with Gasteiger partial charge in [-0.2, -0.15) is 0 Å². The third kappa shape index (κ3) is 3.06. The van der Waals surface area contributed by atoms with E-state index in [-0.39, 0.29) is 18.3 Å². The van der Waals surface area contributed by atoms with Crippen molar-refractivity contribution in [1.82, 2.24) is 4.40 Å². The van der Waals surface area contributed by atoms with E-state index in [1.165, 1.54) is 12.1 Å². The van der Waals surface area contributed by atoms with E-state index in [1.54, 1.807) is 53.1 Å². The standard InChI is InChI=1S/C23H15FN2O4/c24-15-6-4-14(5-7-15)18-12-17-3-1-2-10-26(17)21(18)22(27)23(28)25-16-8-9-19-20(11-16)30-13-29-19/h1-12H,13H2,(H,25,28). The molecule has 0 bridgehead atoms. The second-order valence-electron chi connectivity index (χ2n) is 6.76. The Morgan fingerprint density at radius 1 is 0.933 bits per heavy atom. The number of ether oxygens (including phenoxy) is 2. The van der Waals surface area contributed by atoms with Crippen molar-refractivity contribution in [2.45, 2.75) is 0 Å². The second kappa shape index (κ2) is 7.04. The van der Waals surface area contributed by atoms with Crippen LogP contribution in [0.4, 0.5) is 10.1 Å². The van der Waals surface area contributed by atoms with E-state index in [0.717, 1.165) is 5.52 Å². The second-order valence-corrected chi connectivity index (χ2v) is 6.76. The van der Waals surface area contributed by atoms with Gasteiger partial charge < -0.3 is 19.2 Å². The van der Waals surface area contributed by atoms with E-state index in [2.05, 4.69) is 5.32 Å². The topological polar surface area (TPSA) is 69.0 Å². The maximum absolute atomic E-state index is 13.4. The fraction of sp³-hybridized carbons (Fsp3) is 0.0435. The number of hydrogen-bond acceptors (Lipinski definition) is 4. The largest absolute Gasteiger partial charge is 0.454 e. The average molecular weight is 402 g/mol. The summed E-state index contributed by atoms with van der Waals surface area (Å²) >= 11 is 0. The number of anilines is 1. The molecule has 1 amide bonds. The number of carbonyl (C=O) groups excluding carboxylic acids is 2. The summed E-state index contributed by atoms with van der Waals surface area (Å²) in [5.41, 5.74) is 2.56. The Balaban J connectivity index is 1.53. The molecule has 148 valence electrons. The van der Waals surface area contributed by atoms with E-state index in [9.17, 15) is 14.0 Å². The molecule has 0 fully saturated rings. The molecule has 6 nitrogen and oxygen atoms in total. The summed E-state index contributed by atoms with van der Waals surface area (Å²) in [5, 5.41) is 2.61. The molecule has 1 aliphatic rings. The molecule has 0 atom stereocenters. The van der Waals surface area contributed by atoms with Gasteiger partial charge in [0.2, 0.25) is 6.79 Å². The van der Waals surface area contributed by atoms with Crippen molar-refractivity contribution in [1.29, 1.82) is 0 Å². The minimum absolute atomic E-state index is 0.114. The summed E-state index contributed by atoms with van der Waals surface area (Å²) in [6, 6.07) is 17.9. The van der Waals surface area contributed by atoms with Crippen LogP contribution in [-0.4, -0.2) is 22.9 Å². The molecule has 30 heavy (non-hydrogen) atoms. The smallest absolute Gasteiger partial charge is 0.298 e. The number of benzene rings is 2. The van der Waals surface area contributed by atoms with Crippen molar-refractivity contribution in [2.24, 2.45) is 0 Å². The summed E-state index contributed by atoms with van der Waals surface area (Å²) in [5.74, 6) is -0.800. The van der Waals surface area contributed by atoms with Gasteiger partial charge in [0.15, 0.2) is 11.5 Å². The number of amides is 1. The summed E-state index contributed by atoms with van der Waals surface area (Å²) in [6.07, 6.45) is 1.71. The van der Waals surface area contributed by atoms with Crippen LogP contribution >= 0.6 is 0 Å². The lowest BCUT2D eigenvalue weighted by Gasteiger charge is -2.08. The first-order valence-electron chi connectivity index (χ1n) is 9.21. The van der Waals surface area contributed by atoms with Gasteiger partial charge in [0.05, 0.1) is 0 Å². The number of aromatic nitrogens is 1. The van der Waals surface area contributed by atoms with Gasteiger partial charge in [0, 0.05) is 29.0 Å². The summed E-state index contributed by atoms with van der Waals surface area (Å²) in [7, 11) is 0. The zero-order chi connectivity index (χ0) is 20.7. The minimum Gasteiger partial charge on any atom is -0.454 e. The molecule has 0 radical (unpaired) electrons. The molecule has 4 aromatic rings. The normalized spacial score (nSPS) is 12.2. The molecule has 7 heteroatoms. The van der Waals surface area contributed by atoms with Crippen molar-refractivity contribution in [3.8, 4) is 22.6 Å². The van der Waals surface area contributed by atoms with Crippen molar-refractivity contribution in [2.75, 3.05) is 12.1 Å². The van der Waals surface area contributed by atoms with E-state index in [1.807, 2.05) is 12.1 Å². The molecule has 0 saturated carbocycles. The summed E-state index contributed by atoms with van der Waals surface area (Å²) in [4.78, 5) is 25.9. The van der Waals surface area contributed by atoms with Crippen molar-refractivity contribution >= 4 is 22.9 Å². The van der Waals surface area contributed by atoms with E-state index in [0.29, 0.717) is 28.3 Å². The molecule has 0 spiro atoms. The number of carbonyl (C=O) groups is 2. The fourth-order valence-electron chi connectivity index (χ4n) is 3.47. The Hall–Kier alpha value is -4.13. The Bertz CT molecular complexity index is 1290. The van der Waals surface area contributed by atoms with Crippen LogP contribution < -0.4 is 14.8 Å².